The number of rotatable bonds is 3. The first-order chi connectivity index (χ1) is 8.18. The molecule has 0 fully saturated rings. The molecular weight excluding hydrogens is 214 g/mol. The van der Waals surface area contributed by atoms with Gasteiger partial charge in [0.1, 0.15) is 12.3 Å². The number of aromatic amines is 1. The van der Waals surface area contributed by atoms with E-state index in [1.807, 2.05) is 50.4 Å². The molecule has 3 heteroatoms. The van der Waals surface area contributed by atoms with Crippen LogP contribution in [0.25, 0.3) is 0 Å². The molecule has 1 heterocycles. The molecule has 1 aromatic carbocycles. The Morgan fingerprint density at radius 1 is 1.24 bits per heavy atom. The van der Waals surface area contributed by atoms with Crippen LogP contribution in [0.15, 0.2) is 36.5 Å². The molecule has 1 N–H and O–H groups in total. The lowest BCUT2D eigenvalue weighted by atomic mass is 10.2. The van der Waals surface area contributed by atoms with Crippen molar-refractivity contribution in [3.05, 3.63) is 58.9 Å². The third-order valence-corrected chi connectivity index (χ3v) is 2.82. The van der Waals surface area contributed by atoms with E-state index in [1.165, 1.54) is 0 Å². The van der Waals surface area contributed by atoms with Gasteiger partial charge in [-0.2, -0.15) is 0 Å². The van der Waals surface area contributed by atoms with E-state index in [2.05, 4.69) is 4.98 Å². The van der Waals surface area contributed by atoms with Gasteiger partial charge in [0.15, 0.2) is 0 Å². The summed E-state index contributed by atoms with van der Waals surface area (Å²) < 4.78 is 5.24. The van der Waals surface area contributed by atoms with Crippen LogP contribution < -0.4 is 0 Å². The second-order valence-electron chi connectivity index (χ2n) is 4.03. The lowest BCUT2D eigenvalue weighted by molar-refractivity contribution is 0.0465. The molecule has 0 aliphatic carbocycles. The van der Waals surface area contributed by atoms with E-state index in [1.54, 1.807) is 0 Å². The number of ether oxygens (including phenoxy) is 1. The summed E-state index contributed by atoms with van der Waals surface area (Å²) in [5.74, 6) is -0.306. The Morgan fingerprint density at radius 3 is 2.53 bits per heavy atom. The first-order valence-corrected chi connectivity index (χ1v) is 5.54. The number of hydrogen-bond donors (Lipinski definition) is 1. The summed E-state index contributed by atoms with van der Waals surface area (Å²) in [4.78, 5) is 14.7. The zero-order chi connectivity index (χ0) is 12.3. The molecule has 0 aliphatic rings. The number of nitrogens with one attached hydrogen (secondary N) is 1. The van der Waals surface area contributed by atoms with Crippen LogP contribution in [0.1, 0.15) is 27.2 Å². The van der Waals surface area contributed by atoms with Crippen LogP contribution in [0.5, 0.6) is 0 Å². The van der Waals surface area contributed by atoms with Crippen molar-refractivity contribution in [2.24, 2.45) is 0 Å². The summed E-state index contributed by atoms with van der Waals surface area (Å²) in [5, 5.41) is 0. The van der Waals surface area contributed by atoms with E-state index < -0.39 is 0 Å². The smallest absolute Gasteiger partial charge is 0.355 e. The highest BCUT2D eigenvalue weighted by Gasteiger charge is 2.13. The molecule has 88 valence electrons. The molecule has 0 saturated carbocycles. The van der Waals surface area contributed by atoms with Crippen molar-refractivity contribution < 1.29 is 9.53 Å². The van der Waals surface area contributed by atoms with Gasteiger partial charge in [0.2, 0.25) is 0 Å². The monoisotopic (exact) mass is 229 g/mol. The van der Waals surface area contributed by atoms with Crippen LogP contribution in [0.3, 0.4) is 0 Å². The number of carbonyl (C=O) groups is 1. The largest absolute Gasteiger partial charge is 0.456 e. The van der Waals surface area contributed by atoms with Gasteiger partial charge in [0, 0.05) is 6.20 Å². The lowest BCUT2D eigenvalue weighted by Gasteiger charge is -2.04. The van der Waals surface area contributed by atoms with Gasteiger partial charge in [-0.3, -0.25) is 0 Å². The normalized spacial score (nSPS) is 10.2. The number of H-pyrrole nitrogens is 1. The lowest BCUT2D eigenvalue weighted by Crippen LogP contribution is -2.07. The van der Waals surface area contributed by atoms with Crippen molar-refractivity contribution in [3.63, 3.8) is 0 Å². The molecule has 0 spiro atoms. The Morgan fingerprint density at radius 2 is 1.94 bits per heavy atom. The minimum Gasteiger partial charge on any atom is -0.456 e. The van der Waals surface area contributed by atoms with Crippen molar-refractivity contribution in [2.45, 2.75) is 20.5 Å². The molecule has 2 aromatic rings. The summed E-state index contributed by atoms with van der Waals surface area (Å²) in [5.41, 5.74) is 3.54. The Bertz CT molecular complexity index is 514. The topological polar surface area (TPSA) is 42.1 Å². The Balaban J connectivity index is 2.01. The predicted octanol–water partition coefficient (Wildman–Crippen LogP) is 2.99. The first-order valence-electron chi connectivity index (χ1n) is 5.54. The zero-order valence-electron chi connectivity index (χ0n) is 9.99. The summed E-state index contributed by atoms with van der Waals surface area (Å²) >= 11 is 0. The minimum absolute atomic E-state index is 0.303. The van der Waals surface area contributed by atoms with Crippen molar-refractivity contribution in [3.8, 4) is 0 Å². The molecule has 0 bridgehead atoms. The summed E-state index contributed by atoms with van der Waals surface area (Å²) in [7, 11) is 0. The fourth-order valence-electron chi connectivity index (χ4n) is 1.60. The van der Waals surface area contributed by atoms with Gasteiger partial charge in [-0.1, -0.05) is 30.3 Å². The molecule has 3 nitrogen and oxygen atoms in total. The van der Waals surface area contributed by atoms with Crippen LogP contribution in [0.2, 0.25) is 0 Å². The molecule has 0 amide bonds. The van der Waals surface area contributed by atoms with Gasteiger partial charge in [-0.05, 0) is 30.5 Å². The number of esters is 1. The van der Waals surface area contributed by atoms with Gasteiger partial charge in [-0.25, -0.2) is 4.79 Å². The average Bonchev–Trinajstić information content (AvgIpc) is 2.69. The Hall–Kier alpha value is -2.03. The van der Waals surface area contributed by atoms with E-state index in [-0.39, 0.29) is 5.97 Å². The Kier molecular flexibility index (Phi) is 3.28. The summed E-state index contributed by atoms with van der Waals surface area (Å²) in [6.07, 6.45) is 1.81. The third-order valence-electron chi connectivity index (χ3n) is 2.82. The molecular formula is C14H15NO2. The van der Waals surface area contributed by atoms with Crippen LogP contribution in [0, 0.1) is 13.8 Å². The van der Waals surface area contributed by atoms with Crippen LogP contribution >= 0.6 is 0 Å². The van der Waals surface area contributed by atoms with E-state index in [4.69, 9.17) is 4.74 Å². The fourth-order valence-corrected chi connectivity index (χ4v) is 1.60. The fraction of sp³-hybridized carbons (Fsp3) is 0.214. The van der Waals surface area contributed by atoms with Crippen molar-refractivity contribution >= 4 is 5.97 Å². The average molecular weight is 229 g/mol. The number of carbonyl (C=O) groups excluding carboxylic acids is 1. The molecule has 0 saturated heterocycles. The molecule has 0 radical (unpaired) electrons. The number of aryl methyl sites for hydroxylation is 1. The molecule has 2 rings (SSSR count). The molecule has 1 aromatic heterocycles. The van der Waals surface area contributed by atoms with Crippen molar-refractivity contribution in [1.29, 1.82) is 0 Å². The van der Waals surface area contributed by atoms with E-state index >= 15 is 0 Å². The Labute approximate surface area is 100 Å². The van der Waals surface area contributed by atoms with E-state index in [9.17, 15) is 4.79 Å². The molecule has 0 aliphatic heterocycles. The van der Waals surface area contributed by atoms with E-state index in [0.717, 1.165) is 16.7 Å². The standard InChI is InChI=1S/C14H15NO2/c1-10-8-15-13(11(10)2)14(16)17-9-12-6-4-3-5-7-12/h3-8,15H,9H2,1-2H3. The summed E-state index contributed by atoms with van der Waals surface area (Å²) in [6.45, 7) is 4.17. The van der Waals surface area contributed by atoms with Crippen molar-refractivity contribution in [1.82, 2.24) is 4.98 Å². The minimum atomic E-state index is -0.306. The highest BCUT2D eigenvalue weighted by atomic mass is 16.5. The SMILES string of the molecule is Cc1c[nH]c(C(=O)OCc2ccccc2)c1C. The maximum absolute atomic E-state index is 11.8. The number of benzene rings is 1. The number of aromatic nitrogens is 1. The van der Waals surface area contributed by atoms with Crippen LogP contribution in [-0.4, -0.2) is 11.0 Å². The number of hydrogen-bond acceptors (Lipinski definition) is 2. The maximum Gasteiger partial charge on any atom is 0.355 e. The second kappa shape index (κ2) is 4.87. The van der Waals surface area contributed by atoms with Crippen LogP contribution in [0.4, 0.5) is 0 Å². The highest BCUT2D eigenvalue weighted by Crippen LogP contribution is 2.13. The van der Waals surface area contributed by atoms with Gasteiger partial charge >= 0.3 is 5.97 Å². The molecule has 17 heavy (non-hydrogen) atoms. The van der Waals surface area contributed by atoms with Gasteiger partial charge in [0.05, 0.1) is 0 Å². The quantitative estimate of drug-likeness (QED) is 0.822. The third kappa shape index (κ3) is 2.56. The maximum atomic E-state index is 11.8. The van der Waals surface area contributed by atoms with Crippen molar-refractivity contribution in [2.75, 3.05) is 0 Å². The van der Waals surface area contributed by atoms with Gasteiger partial charge < -0.3 is 9.72 Å². The predicted molar refractivity (Wildman–Crippen MR) is 65.8 cm³/mol. The van der Waals surface area contributed by atoms with Gasteiger partial charge in [0.25, 0.3) is 0 Å². The summed E-state index contributed by atoms with van der Waals surface area (Å²) in [6, 6.07) is 9.64. The van der Waals surface area contributed by atoms with Crippen LogP contribution in [-0.2, 0) is 11.3 Å². The zero-order valence-corrected chi connectivity index (χ0v) is 9.99. The van der Waals surface area contributed by atoms with E-state index in [0.29, 0.717) is 12.3 Å². The first kappa shape index (κ1) is 11.5. The molecule has 0 unspecified atom stereocenters. The molecule has 0 atom stereocenters. The second-order valence-corrected chi connectivity index (χ2v) is 4.03. The highest BCUT2D eigenvalue weighted by molar-refractivity contribution is 5.89. The van der Waals surface area contributed by atoms with Gasteiger partial charge in [-0.15, -0.1) is 0 Å².